The molecule has 0 bridgehead atoms. The molecule has 96 valence electrons. The first-order valence-corrected chi connectivity index (χ1v) is 6.27. The molecule has 2 heterocycles. The van der Waals surface area contributed by atoms with Crippen LogP contribution in [0, 0.1) is 5.92 Å². The summed E-state index contributed by atoms with van der Waals surface area (Å²) in [6.07, 6.45) is 8.59. The van der Waals surface area contributed by atoms with Gasteiger partial charge in [0.1, 0.15) is 0 Å². The summed E-state index contributed by atoms with van der Waals surface area (Å²) in [6, 6.07) is 3.76. The van der Waals surface area contributed by atoms with Crippen molar-refractivity contribution in [1.82, 2.24) is 9.88 Å². The van der Waals surface area contributed by atoms with Crippen molar-refractivity contribution < 1.29 is 9.90 Å². The maximum atomic E-state index is 11.9. The smallest absolute Gasteiger partial charge is 0.246 e. The minimum Gasteiger partial charge on any atom is -0.396 e. The van der Waals surface area contributed by atoms with Gasteiger partial charge in [-0.15, -0.1) is 0 Å². The van der Waals surface area contributed by atoms with Gasteiger partial charge in [0.05, 0.1) is 0 Å². The minimum atomic E-state index is 0.0410. The Morgan fingerprint density at radius 1 is 1.61 bits per heavy atom. The molecule has 1 N–H and O–H groups in total. The Labute approximate surface area is 107 Å². The normalized spacial score (nSPS) is 19.6. The number of aliphatic hydroxyl groups excluding tert-OH is 1. The second-order valence-corrected chi connectivity index (χ2v) is 4.57. The number of nitrogens with zero attached hydrogens (tertiary/aromatic N) is 2. The summed E-state index contributed by atoms with van der Waals surface area (Å²) in [7, 11) is 0. The highest BCUT2D eigenvalue weighted by atomic mass is 16.3. The lowest BCUT2D eigenvalue weighted by Crippen LogP contribution is -2.26. The molecule has 0 saturated carbocycles. The van der Waals surface area contributed by atoms with Gasteiger partial charge in [0.25, 0.3) is 0 Å². The van der Waals surface area contributed by atoms with E-state index in [4.69, 9.17) is 5.11 Å². The van der Waals surface area contributed by atoms with E-state index < -0.39 is 0 Å². The molecule has 0 aromatic carbocycles. The van der Waals surface area contributed by atoms with Crippen molar-refractivity contribution in [3.63, 3.8) is 0 Å². The van der Waals surface area contributed by atoms with E-state index in [0.29, 0.717) is 5.92 Å². The lowest BCUT2D eigenvalue weighted by molar-refractivity contribution is -0.125. The van der Waals surface area contributed by atoms with E-state index in [1.807, 2.05) is 17.0 Å². The zero-order chi connectivity index (χ0) is 12.8. The number of amides is 1. The Morgan fingerprint density at radius 2 is 2.50 bits per heavy atom. The summed E-state index contributed by atoms with van der Waals surface area (Å²) in [5.74, 6) is 0.491. The zero-order valence-electron chi connectivity index (χ0n) is 10.3. The molecule has 1 saturated heterocycles. The number of aromatic nitrogens is 1. The summed E-state index contributed by atoms with van der Waals surface area (Å²) in [5.41, 5.74) is 0.928. The number of carbonyl (C=O) groups is 1. The highest BCUT2D eigenvalue weighted by Gasteiger charge is 2.24. The fourth-order valence-corrected chi connectivity index (χ4v) is 2.20. The maximum Gasteiger partial charge on any atom is 0.246 e. The van der Waals surface area contributed by atoms with E-state index in [2.05, 4.69) is 4.98 Å². The van der Waals surface area contributed by atoms with Gasteiger partial charge in [0.2, 0.25) is 5.91 Å². The van der Waals surface area contributed by atoms with Gasteiger partial charge in [0, 0.05) is 38.2 Å². The number of pyridine rings is 1. The van der Waals surface area contributed by atoms with E-state index in [1.165, 1.54) is 0 Å². The number of carbonyl (C=O) groups excluding carboxylic acids is 1. The Kier molecular flexibility index (Phi) is 4.47. The fourth-order valence-electron chi connectivity index (χ4n) is 2.20. The average Bonchev–Trinajstić information content (AvgIpc) is 2.86. The Hall–Kier alpha value is -1.68. The van der Waals surface area contributed by atoms with E-state index in [-0.39, 0.29) is 12.5 Å². The van der Waals surface area contributed by atoms with Crippen LogP contribution < -0.4 is 0 Å². The fraction of sp³-hybridized carbons (Fsp3) is 0.429. The molecule has 1 atom stereocenters. The molecule has 0 spiro atoms. The largest absolute Gasteiger partial charge is 0.396 e. The standard InChI is InChI=1S/C14H18N2O2/c17-9-6-13-5-8-16(11-13)14(18)4-3-12-2-1-7-15-10-12/h1-4,7,10,13,17H,5-6,8-9,11H2/b4-3+. The van der Waals surface area contributed by atoms with Crippen LogP contribution in [0.15, 0.2) is 30.6 Å². The third-order valence-electron chi connectivity index (χ3n) is 3.24. The maximum absolute atomic E-state index is 11.9. The third kappa shape index (κ3) is 3.40. The molecule has 1 amide bonds. The Bertz CT molecular complexity index is 417. The second-order valence-electron chi connectivity index (χ2n) is 4.57. The van der Waals surface area contributed by atoms with Crippen molar-refractivity contribution in [3.8, 4) is 0 Å². The summed E-state index contributed by atoms with van der Waals surface area (Å²) in [6.45, 7) is 1.76. The molecule has 18 heavy (non-hydrogen) atoms. The zero-order valence-corrected chi connectivity index (χ0v) is 10.3. The Balaban J connectivity index is 1.87. The molecule has 1 aliphatic heterocycles. The van der Waals surface area contributed by atoms with Gasteiger partial charge in [-0.25, -0.2) is 0 Å². The van der Waals surface area contributed by atoms with Crippen molar-refractivity contribution in [2.45, 2.75) is 12.8 Å². The third-order valence-corrected chi connectivity index (χ3v) is 3.24. The molecule has 0 radical (unpaired) electrons. The highest BCUT2D eigenvalue weighted by Crippen LogP contribution is 2.19. The highest BCUT2D eigenvalue weighted by molar-refractivity contribution is 5.91. The van der Waals surface area contributed by atoms with Gasteiger partial charge in [-0.2, -0.15) is 0 Å². The molecular formula is C14H18N2O2. The minimum absolute atomic E-state index is 0.0410. The molecular weight excluding hydrogens is 228 g/mol. The van der Waals surface area contributed by atoms with Crippen LogP contribution in [0.1, 0.15) is 18.4 Å². The van der Waals surface area contributed by atoms with Crippen LogP contribution >= 0.6 is 0 Å². The second kappa shape index (κ2) is 6.31. The van der Waals surface area contributed by atoms with E-state index in [1.54, 1.807) is 24.5 Å². The van der Waals surface area contributed by atoms with Crippen LogP contribution in [-0.2, 0) is 4.79 Å². The number of hydrogen-bond donors (Lipinski definition) is 1. The summed E-state index contributed by atoms with van der Waals surface area (Å²) in [4.78, 5) is 17.8. The predicted octanol–water partition coefficient (Wildman–Crippen LogP) is 1.33. The SMILES string of the molecule is O=C(/C=C/c1cccnc1)N1CCC(CCO)C1. The van der Waals surface area contributed by atoms with Crippen LogP contribution in [0.5, 0.6) is 0 Å². The van der Waals surface area contributed by atoms with Crippen molar-refractivity contribution in [3.05, 3.63) is 36.2 Å². The van der Waals surface area contributed by atoms with Crippen LogP contribution in [0.25, 0.3) is 6.08 Å². The summed E-state index contributed by atoms with van der Waals surface area (Å²) in [5, 5.41) is 8.88. The molecule has 4 heteroatoms. The van der Waals surface area contributed by atoms with Crippen LogP contribution in [0.4, 0.5) is 0 Å². The van der Waals surface area contributed by atoms with Crippen LogP contribution in [-0.4, -0.2) is 40.6 Å². The monoisotopic (exact) mass is 246 g/mol. The molecule has 2 rings (SSSR count). The molecule has 4 nitrogen and oxygen atoms in total. The van der Waals surface area contributed by atoms with Gasteiger partial charge in [-0.1, -0.05) is 6.07 Å². The summed E-state index contributed by atoms with van der Waals surface area (Å²) >= 11 is 0. The first-order valence-electron chi connectivity index (χ1n) is 6.27. The van der Waals surface area contributed by atoms with Crippen molar-refractivity contribution in [1.29, 1.82) is 0 Å². The average molecular weight is 246 g/mol. The van der Waals surface area contributed by atoms with Gasteiger partial charge >= 0.3 is 0 Å². The number of rotatable bonds is 4. The van der Waals surface area contributed by atoms with Crippen LogP contribution in [0.3, 0.4) is 0 Å². The van der Waals surface area contributed by atoms with Crippen molar-refractivity contribution in [2.24, 2.45) is 5.92 Å². The van der Waals surface area contributed by atoms with E-state index >= 15 is 0 Å². The lowest BCUT2D eigenvalue weighted by Gasteiger charge is -2.13. The molecule has 1 aromatic rings. The van der Waals surface area contributed by atoms with E-state index in [0.717, 1.165) is 31.5 Å². The number of hydrogen-bond acceptors (Lipinski definition) is 3. The predicted molar refractivity (Wildman–Crippen MR) is 69.7 cm³/mol. The summed E-state index contributed by atoms with van der Waals surface area (Å²) < 4.78 is 0. The topological polar surface area (TPSA) is 53.4 Å². The molecule has 1 aromatic heterocycles. The Morgan fingerprint density at radius 3 is 3.22 bits per heavy atom. The first-order chi connectivity index (χ1) is 8.79. The van der Waals surface area contributed by atoms with Gasteiger partial charge in [0.15, 0.2) is 0 Å². The molecule has 1 aliphatic rings. The molecule has 0 aliphatic carbocycles. The molecule has 1 fully saturated rings. The van der Waals surface area contributed by atoms with Crippen LogP contribution in [0.2, 0.25) is 0 Å². The number of likely N-dealkylation sites (tertiary alicyclic amines) is 1. The quantitative estimate of drug-likeness (QED) is 0.815. The number of aliphatic hydroxyl groups is 1. The van der Waals surface area contributed by atoms with Gasteiger partial charge in [-0.05, 0) is 36.5 Å². The van der Waals surface area contributed by atoms with Gasteiger partial charge in [-0.3, -0.25) is 9.78 Å². The van der Waals surface area contributed by atoms with E-state index in [9.17, 15) is 4.79 Å². The lowest BCUT2D eigenvalue weighted by atomic mass is 10.1. The van der Waals surface area contributed by atoms with Crippen molar-refractivity contribution >= 4 is 12.0 Å². The van der Waals surface area contributed by atoms with Gasteiger partial charge < -0.3 is 10.0 Å². The van der Waals surface area contributed by atoms with Crippen molar-refractivity contribution in [2.75, 3.05) is 19.7 Å². The molecule has 1 unspecified atom stereocenters. The first kappa shape index (κ1) is 12.8.